The number of ether oxygens (including phenoxy) is 1. The van der Waals surface area contributed by atoms with Crippen LogP contribution in [0.5, 0.6) is 5.75 Å². The first-order chi connectivity index (χ1) is 7.02. The maximum Gasteiger partial charge on any atom is 0.282 e. The molecule has 0 amide bonds. The van der Waals surface area contributed by atoms with Gasteiger partial charge in [-0.25, -0.2) is 13.8 Å². The normalized spacial score (nSPS) is 18.5. The molecule has 2 heterocycles. The molecule has 1 saturated heterocycles. The minimum atomic E-state index is -2.63. The van der Waals surface area contributed by atoms with Gasteiger partial charge in [0.1, 0.15) is 5.82 Å². The molecule has 1 aliphatic heterocycles. The van der Waals surface area contributed by atoms with Crippen LogP contribution in [0.25, 0.3) is 0 Å². The average Bonchev–Trinajstić information content (AvgIpc) is 2.14. The average molecular weight is 215 g/mol. The molecule has 15 heavy (non-hydrogen) atoms. The lowest BCUT2D eigenvalue weighted by atomic mass is 10.1. The molecule has 0 spiro atoms. The van der Waals surface area contributed by atoms with Crippen LogP contribution in [0.2, 0.25) is 0 Å². The van der Waals surface area contributed by atoms with Gasteiger partial charge >= 0.3 is 0 Å². The topological polar surface area (TPSA) is 51.4 Å². The first-order valence-electron chi connectivity index (χ1n) is 4.45. The Labute approximate surface area is 85.6 Å². The van der Waals surface area contributed by atoms with Crippen LogP contribution >= 0.6 is 0 Å². The largest absolute Gasteiger partial charge is 0.493 e. The van der Waals surface area contributed by atoms with Gasteiger partial charge in [-0.15, -0.1) is 0 Å². The summed E-state index contributed by atoms with van der Waals surface area (Å²) in [6, 6.07) is 3.19. The molecule has 1 aliphatic rings. The highest BCUT2D eigenvalue weighted by molar-refractivity contribution is 5.58. The maximum atomic E-state index is 12.7. The summed E-state index contributed by atoms with van der Waals surface area (Å²) in [6.45, 7) is -0.667. The fourth-order valence-electron chi connectivity index (χ4n) is 1.50. The van der Waals surface area contributed by atoms with Crippen LogP contribution < -0.4 is 15.4 Å². The van der Waals surface area contributed by atoms with E-state index in [9.17, 15) is 8.78 Å². The molecule has 0 aliphatic carbocycles. The first-order valence-corrected chi connectivity index (χ1v) is 4.45. The summed E-state index contributed by atoms with van der Waals surface area (Å²) in [4.78, 5) is 5.42. The van der Waals surface area contributed by atoms with Gasteiger partial charge in [0.2, 0.25) is 0 Å². The molecule has 1 fully saturated rings. The summed E-state index contributed by atoms with van der Waals surface area (Å²) in [7, 11) is 1.47. The zero-order chi connectivity index (χ0) is 11.1. The molecule has 1 aromatic heterocycles. The number of hydrogen-bond donors (Lipinski definition) is 1. The maximum absolute atomic E-state index is 12.7. The highest BCUT2D eigenvalue weighted by Gasteiger charge is 2.45. The van der Waals surface area contributed by atoms with Crippen LogP contribution in [0, 0.1) is 0 Å². The highest BCUT2D eigenvalue weighted by Crippen LogP contribution is 2.36. The summed E-state index contributed by atoms with van der Waals surface area (Å²) in [5, 5.41) is 0. The zero-order valence-corrected chi connectivity index (χ0v) is 8.20. The number of methoxy groups -OCH3 is 1. The lowest BCUT2D eigenvalue weighted by molar-refractivity contribution is -0.0268. The molecule has 2 rings (SSSR count). The Morgan fingerprint density at radius 2 is 2.13 bits per heavy atom. The van der Waals surface area contributed by atoms with Crippen LogP contribution in [0.4, 0.5) is 20.4 Å². The molecule has 6 heteroatoms. The number of alkyl halides is 2. The van der Waals surface area contributed by atoms with Gasteiger partial charge in [-0.3, -0.25) is 0 Å². The third-order valence-corrected chi connectivity index (χ3v) is 2.22. The number of nitrogens with two attached hydrogens (primary N) is 1. The van der Waals surface area contributed by atoms with E-state index in [1.807, 2.05) is 0 Å². The fourth-order valence-corrected chi connectivity index (χ4v) is 1.50. The van der Waals surface area contributed by atoms with Crippen LogP contribution in [0.3, 0.4) is 0 Å². The summed E-state index contributed by atoms with van der Waals surface area (Å²) in [5.74, 6) is -1.50. The number of halogens is 2. The van der Waals surface area contributed by atoms with E-state index < -0.39 is 5.92 Å². The molecule has 0 aromatic carbocycles. The van der Waals surface area contributed by atoms with Crippen LogP contribution in [-0.4, -0.2) is 31.1 Å². The summed E-state index contributed by atoms with van der Waals surface area (Å²) in [5.41, 5.74) is 5.49. The Morgan fingerprint density at radius 1 is 1.47 bits per heavy atom. The van der Waals surface area contributed by atoms with E-state index in [0.29, 0.717) is 17.4 Å². The van der Waals surface area contributed by atoms with Gasteiger partial charge in [-0.05, 0) is 12.1 Å². The Bertz CT molecular complexity index is 376. The van der Waals surface area contributed by atoms with Gasteiger partial charge in [0.15, 0.2) is 11.6 Å². The monoisotopic (exact) mass is 215 g/mol. The minimum absolute atomic E-state index is 0.293. The zero-order valence-electron chi connectivity index (χ0n) is 8.20. The number of aromatic nitrogens is 1. The lowest BCUT2D eigenvalue weighted by Gasteiger charge is -2.39. The number of anilines is 2. The molecule has 0 unspecified atom stereocenters. The van der Waals surface area contributed by atoms with Crippen LogP contribution in [-0.2, 0) is 0 Å². The molecule has 4 nitrogen and oxygen atoms in total. The third kappa shape index (κ3) is 1.79. The molecule has 82 valence electrons. The second kappa shape index (κ2) is 3.22. The molecule has 0 radical (unpaired) electrons. The first kappa shape index (κ1) is 9.95. The van der Waals surface area contributed by atoms with Gasteiger partial charge in [0, 0.05) is 0 Å². The van der Waals surface area contributed by atoms with Crippen molar-refractivity contribution in [2.45, 2.75) is 5.92 Å². The smallest absolute Gasteiger partial charge is 0.282 e. The van der Waals surface area contributed by atoms with E-state index in [0.717, 1.165) is 0 Å². The van der Waals surface area contributed by atoms with E-state index in [1.54, 1.807) is 12.1 Å². The molecule has 0 saturated carbocycles. The van der Waals surface area contributed by atoms with Crippen molar-refractivity contribution in [3.8, 4) is 5.75 Å². The quantitative estimate of drug-likeness (QED) is 0.803. The number of rotatable bonds is 2. The second-order valence-corrected chi connectivity index (χ2v) is 3.47. The van der Waals surface area contributed by atoms with Crippen LogP contribution in [0.1, 0.15) is 0 Å². The van der Waals surface area contributed by atoms with Crippen molar-refractivity contribution in [1.82, 2.24) is 4.98 Å². The number of pyridine rings is 1. The SMILES string of the molecule is COc1ccc(N)nc1N1CC(F)(F)C1. The third-order valence-electron chi connectivity index (χ3n) is 2.22. The van der Waals surface area contributed by atoms with E-state index in [-0.39, 0.29) is 13.1 Å². The van der Waals surface area contributed by atoms with Gasteiger partial charge in [-0.2, -0.15) is 0 Å². The van der Waals surface area contributed by atoms with E-state index >= 15 is 0 Å². The molecular formula is C9H11F2N3O. The van der Waals surface area contributed by atoms with E-state index in [2.05, 4.69) is 4.98 Å². The predicted octanol–water partition coefficient (Wildman–Crippen LogP) is 1.13. The van der Waals surface area contributed by atoms with Crippen molar-refractivity contribution in [3.63, 3.8) is 0 Å². The van der Waals surface area contributed by atoms with Gasteiger partial charge in [-0.1, -0.05) is 0 Å². The van der Waals surface area contributed by atoms with Gasteiger partial charge in [0.05, 0.1) is 20.2 Å². The van der Waals surface area contributed by atoms with E-state index in [1.165, 1.54) is 12.0 Å². The summed E-state index contributed by atoms with van der Waals surface area (Å²) >= 11 is 0. The van der Waals surface area contributed by atoms with Crippen molar-refractivity contribution in [2.75, 3.05) is 30.8 Å². The predicted molar refractivity (Wildman–Crippen MR) is 52.4 cm³/mol. The molecule has 0 atom stereocenters. The molecule has 1 aromatic rings. The standard InChI is InChI=1S/C9H11F2N3O/c1-15-6-2-3-7(12)13-8(6)14-4-9(10,11)5-14/h2-3H,4-5H2,1H3,(H2,12,13). The number of nitrogens with zero attached hydrogens (tertiary/aromatic N) is 2. The lowest BCUT2D eigenvalue weighted by Crippen LogP contribution is -2.56. The molecule has 2 N–H and O–H groups in total. The number of hydrogen-bond acceptors (Lipinski definition) is 4. The highest BCUT2D eigenvalue weighted by atomic mass is 19.3. The Hall–Kier alpha value is -1.59. The van der Waals surface area contributed by atoms with Crippen LogP contribution in [0.15, 0.2) is 12.1 Å². The van der Waals surface area contributed by atoms with Gasteiger partial charge < -0.3 is 15.4 Å². The molecule has 0 bridgehead atoms. The Balaban J connectivity index is 2.24. The van der Waals surface area contributed by atoms with Crippen molar-refractivity contribution >= 4 is 11.6 Å². The Kier molecular flexibility index (Phi) is 2.13. The van der Waals surface area contributed by atoms with Gasteiger partial charge in [0.25, 0.3) is 5.92 Å². The Morgan fingerprint density at radius 3 is 2.67 bits per heavy atom. The second-order valence-electron chi connectivity index (χ2n) is 3.47. The van der Waals surface area contributed by atoms with Crippen molar-refractivity contribution in [3.05, 3.63) is 12.1 Å². The number of nitrogen functional groups attached to an aromatic ring is 1. The van der Waals surface area contributed by atoms with E-state index in [4.69, 9.17) is 10.5 Å². The minimum Gasteiger partial charge on any atom is -0.493 e. The fraction of sp³-hybridized carbons (Fsp3) is 0.444. The van der Waals surface area contributed by atoms with Crippen molar-refractivity contribution in [2.24, 2.45) is 0 Å². The summed E-state index contributed by atoms with van der Waals surface area (Å²) in [6.07, 6.45) is 0. The molecular weight excluding hydrogens is 204 g/mol. The summed E-state index contributed by atoms with van der Waals surface area (Å²) < 4.78 is 30.4. The van der Waals surface area contributed by atoms with Crippen molar-refractivity contribution < 1.29 is 13.5 Å². The van der Waals surface area contributed by atoms with Crippen molar-refractivity contribution in [1.29, 1.82) is 0 Å².